The van der Waals surface area contributed by atoms with Gasteiger partial charge in [-0.05, 0) is 44.6 Å². The first-order valence-corrected chi connectivity index (χ1v) is 9.98. The molecule has 0 aliphatic heterocycles. The summed E-state index contributed by atoms with van der Waals surface area (Å²) in [6, 6.07) is 8.22. The number of nitrogens with one attached hydrogen (secondary N) is 1. The summed E-state index contributed by atoms with van der Waals surface area (Å²) in [5.74, 6) is 0.776. The number of thiophene rings is 1. The maximum atomic E-state index is 12.8. The van der Waals surface area contributed by atoms with Crippen LogP contribution in [0.15, 0.2) is 24.3 Å². The standard InChI is InChI=1S/C21H26N4OS/c1-6-17-23-14(3)18-13(2)19(27-21(18)24-17)20(26)22-11-15-9-7-8-10-16(15)12-25(4)5/h7-10H,6,11-12H2,1-5H3,(H,22,26). The number of hydrogen-bond donors (Lipinski definition) is 1. The molecule has 27 heavy (non-hydrogen) atoms. The van der Waals surface area contributed by atoms with Crippen LogP contribution in [-0.2, 0) is 19.5 Å². The Morgan fingerprint density at radius 3 is 2.52 bits per heavy atom. The molecule has 0 fully saturated rings. The quantitative estimate of drug-likeness (QED) is 0.703. The zero-order valence-corrected chi connectivity index (χ0v) is 17.4. The van der Waals surface area contributed by atoms with E-state index in [2.05, 4.69) is 32.3 Å². The van der Waals surface area contributed by atoms with Gasteiger partial charge >= 0.3 is 0 Å². The molecule has 5 nitrogen and oxygen atoms in total. The third kappa shape index (κ3) is 4.17. The minimum Gasteiger partial charge on any atom is -0.347 e. The number of carbonyl (C=O) groups is 1. The topological polar surface area (TPSA) is 58.1 Å². The van der Waals surface area contributed by atoms with Crippen LogP contribution in [0, 0.1) is 13.8 Å². The van der Waals surface area contributed by atoms with Crippen molar-refractivity contribution < 1.29 is 4.79 Å². The lowest BCUT2D eigenvalue weighted by Gasteiger charge is -2.14. The van der Waals surface area contributed by atoms with Gasteiger partial charge in [0.15, 0.2) is 0 Å². The predicted octanol–water partition coefficient (Wildman–Crippen LogP) is 3.86. The molecular formula is C21H26N4OS. The van der Waals surface area contributed by atoms with Crippen molar-refractivity contribution >= 4 is 27.5 Å². The van der Waals surface area contributed by atoms with Crippen LogP contribution in [-0.4, -0.2) is 34.9 Å². The Morgan fingerprint density at radius 2 is 1.85 bits per heavy atom. The van der Waals surface area contributed by atoms with E-state index in [1.165, 1.54) is 16.9 Å². The summed E-state index contributed by atoms with van der Waals surface area (Å²) in [7, 11) is 4.09. The maximum Gasteiger partial charge on any atom is 0.261 e. The number of amides is 1. The van der Waals surface area contributed by atoms with Gasteiger partial charge in [-0.25, -0.2) is 9.97 Å². The van der Waals surface area contributed by atoms with Crippen molar-refractivity contribution in [2.45, 2.75) is 40.3 Å². The molecule has 2 aromatic heterocycles. The lowest BCUT2D eigenvalue weighted by Crippen LogP contribution is -2.24. The molecule has 0 aliphatic carbocycles. The van der Waals surface area contributed by atoms with Gasteiger partial charge in [-0.15, -0.1) is 11.3 Å². The highest BCUT2D eigenvalue weighted by Crippen LogP contribution is 2.31. The van der Waals surface area contributed by atoms with E-state index in [4.69, 9.17) is 0 Å². The first-order valence-electron chi connectivity index (χ1n) is 9.17. The number of rotatable bonds is 6. The molecule has 3 aromatic rings. The van der Waals surface area contributed by atoms with Gasteiger partial charge in [0.25, 0.3) is 5.91 Å². The molecule has 0 radical (unpaired) electrons. The van der Waals surface area contributed by atoms with Gasteiger partial charge in [0.05, 0.1) is 4.88 Å². The molecule has 0 unspecified atom stereocenters. The normalized spacial score (nSPS) is 11.3. The van der Waals surface area contributed by atoms with Crippen LogP contribution in [0.1, 0.15) is 44.8 Å². The van der Waals surface area contributed by atoms with Gasteiger partial charge in [0.1, 0.15) is 10.7 Å². The first-order chi connectivity index (χ1) is 12.9. The van der Waals surface area contributed by atoms with Gasteiger partial charge in [-0.3, -0.25) is 4.79 Å². The van der Waals surface area contributed by atoms with Crippen molar-refractivity contribution in [1.82, 2.24) is 20.2 Å². The van der Waals surface area contributed by atoms with Crippen LogP contribution in [0.5, 0.6) is 0 Å². The van der Waals surface area contributed by atoms with E-state index in [0.717, 1.165) is 50.7 Å². The third-order valence-electron chi connectivity index (χ3n) is 4.58. The molecule has 3 rings (SSSR count). The van der Waals surface area contributed by atoms with E-state index in [1.807, 2.05) is 47.0 Å². The summed E-state index contributed by atoms with van der Waals surface area (Å²) < 4.78 is 0. The van der Waals surface area contributed by atoms with Crippen molar-refractivity contribution in [3.8, 4) is 0 Å². The molecule has 6 heteroatoms. The predicted molar refractivity (Wildman–Crippen MR) is 111 cm³/mol. The van der Waals surface area contributed by atoms with Gasteiger partial charge in [0, 0.05) is 30.6 Å². The highest BCUT2D eigenvalue weighted by atomic mass is 32.1. The SMILES string of the molecule is CCc1nc(C)c2c(C)c(C(=O)NCc3ccccc3CN(C)C)sc2n1. The van der Waals surface area contributed by atoms with Crippen LogP contribution in [0.4, 0.5) is 0 Å². The monoisotopic (exact) mass is 382 g/mol. The fourth-order valence-electron chi connectivity index (χ4n) is 3.25. The van der Waals surface area contributed by atoms with Crippen molar-refractivity contribution in [3.63, 3.8) is 0 Å². The minimum atomic E-state index is -0.0485. The largest absolute Gasteiger partial charge is 0.347 e. The molecule has 1 aromatic carbocycles. The van der Waals surface area contributed by atoms with E-state index in [1.54, 1.807) is 0 Å². The summed E-state index contributed by atoms with van der Waals surface area (Å²) in [5, 5.41) is 4.09. The van der Waals surface area contributed by atoms with Crippen molar-refractivity contribution in [3.05, 3.63) is 57.4 Å². The third-order valence-corrected chi connectivity index (χ3v) is 5.77. The zero-order valence-electron chi connectivity index (χ0n) is 16.6. The van der Waals surface area contributed by atoms with Gasteiger partial charge < -0.3 is 10.2 Å². The van der Waals surface area contributed by atoms with E-state index in [9.17, 15) is 4.79 Å². The van der Waals surface area contributed by atoms with Crippen LogP contribution < -0.4 is 5.32 Å². The Hall–Kier alpha value is -2.31. The summed E-state index contributed by atoms with van der Waals surface area (Å²) in [4.78, 5) is 25.7. The summed E-state index contributed by atoms with van der Waals surface area (Å²) >= 11 is 1.45. The van der Waals surface area contributed by atoms with Crippen molar-refractivity contribution in [2.24, 2.45) is 0 Å². The fourth-order valence-corrected chi connectivity index (χ4v) is 4.42. The number of benzene rings is 1. The Kier molecular flexibility index (Phi) is 5.87. The summed E-state index contributed by atoms with van der Waals surface area (Å²) in [6.45, 7) is 7.38. The lowest BCUT2D eigenvalue weighted by atomic mass is 10.1. The molecule has 1 amide bonds. The molecule has 0 atom stereocenters. The Labute approximate surface area is 164 Å². The van der Waals surface area contributed by atoms with Crippen LogP contribution in [0.25, 0.3) is 10.2 Å². The van der Waals surface area contributed by atoms with Crippen molar-refractivity contribution in [2.75, 3.05) is 14.1 Å². The molecular weight excluding hydrogens is 356 g/mol. The summed E-state index contributed by atoms with van der Waals surface area (Å²) in [5.41, 5.74) is 4.28. The maximum absolute atomic E-state index is 12.8. The smallest absolute Gasteiger partial charge is 0.261 e. The molecule has 142 valence electrons. The first kappa shape index (κ1) is 19.5. The highest BCUT2D eigenvalue weighted by Gasteiger charge is 2.19. The van der Waals surface area contributed by atoms with Crippen LogP contribution in [0.3, 0.4) is 0 Å². The molecule has 1 N–H and O–H groups in total. The van der Waals surface area contributed by atoms with E-state index < -0.39 is 0 Å². The number of nitrogens with zero attached hydrogens (tertiary/aromatic N) is 3. The number of aryl methyl sites for hydroxylation is 3. The number of aromatic nitrogens is 2. The second-order valence-electron chi connectivity index (χ2n) is 7.00. The van der Waals surface area contributed by atoms with Gasteiger partial charge in [0.2, 0.25) is 0 Å². The van der Waals surface area contributed by atoms with Crippen LogP contribution >= 0.6 is 11.3 Å². The fraction of sp³-hybridized carbons (Fsp3) is 0.381. The number of hydrogen-bond acceptors (Lipinski definition) is 5. The van der Waals surface area contributed by atoms with E-state index in [-0.39, 0.29) is 5.91 Å². The Morgan fingerprint density at radius 1 is 1.15 bits per heavy atom. The minimum absolute atomic E-state index is 0.0485. The Balaban J connectivity index is 1.83. The van der Waals surface area contributed by atoms with E-state index in [0.29, 0.717) is 6.54 Å². The molecule has 0 aliphatic rings. The second-order valence-corrected chi connectivity index (χ2v) is 8.00. The highest BCUT2D eigenvalue weighted by molar-refractivity contribution is 7.20. The van der Waals surface area contributed by atoms with Gasteiger partial charge in [-0.2, -0.15) is 0 Å². The van der Waals surface area contributed by atoms with Crippen molar-refractivity contribution in [1.29, 1.82) is 0 Å². The Bertz CT molecular complexity index is 978. The van der Waals surface area contributed by atoms with Crippen LogP contribution in [0.2, 0.25) is 0 Å². The molecule has 2 heterocycles. The second kappa shape index (κ2) is 8.15. The molecule has 0 saturated heterocycles. The zero-order chi connectivity index (χ0) is 19.6. The van der Waals surface area contributed by atoms with E-state index >= 15 is 0 Å². The average molecular weight is 383 g/mol. The molecule has 0 saturated carbocycles. The average Bonchev–Trinajstić information content (AvgIpc) is 2.97. The van der Waals surface area contributed by atoms with Gasteiger partial charge in [-0.1, -0.05) is 31.2 Å². The molecule has 0 bridgehead atoms. The number of fused-ring (bicyclic) bond motifs is 1. The lowest BCUT2D eigenvalue weighted by molar-refractivity contribution is 0.0954. The molecule has 0 spiro atoms. The summed E-state index contributed by atoms with van der Waals surface area (Å²) in [6.07, 6.45) is 0.790. The number of carbonyl (C=O) groups excluding carboxylic acids is 1.